The minimum atomic E-state index is -0.753. The highest BCUT2D eigenvalue weighted by Crippen LogP contribution is 2.15. The monoisotopic (exact) mass is 257 g/mol. The molecule has 1 aromatic heterocycles. The molecule has 1 unspecified atom stereocenters. The quantitative estimate of drug-likeness (QED) is 0.712. The van der Waals surface area contributed by atoms with E-state index in [0.717, 1.165) is 6.42 Å². The molecule has 0 spiro atoms. The van der Waals surface area contributed by atoms with Gasteiger partial charge in [0, 0.05) is 6.61 Å². The van der Waals surface area contributed by atoms with Crippen LogP contribution in [0.2, 0.25) is 0 Å². The number of ether oxygens (including phenoxy) is 2. The van der Waals surface area contributed by atoms with E-state index in [0.29, 0.717) is 31.5 Å². The minimum absolute atomic E-state index is 0.118. The molecular formula is C12H23N3O3. The molecule has 1 rings (SSSR count). The van der Waals surface area contributed by atoms with Crippen molar-refractivity contribution in [3.8, 4) is 0 Å². The fraction of sp³-hybridized carbons (Fsp3) is 0.833. The molecule has 0 aliphatic rings. The van der Waals surface area contributed by atoms with Gasteiger partial charge in [-0.3, -0.25) is 0 Å². The van der Waals surface area contributed by atoms with E-state index < -0.39 is 5.54 Å². The lowest BCUT2D eigenvalue weighted by Gasteiger charge is -2.21. The summed E-state index contributed by atoms with van der Waals surface area (Å²) in [5.41, 5.74) is 5.35. The lowest BCUT2D eigenvalue weighted by Crippen LogP contribution is -2.40. The van der Waals surface area contributed by atoms with Gasteiger partial charge in [-0.15, -0.1) is 0 Å². The highest BCUT2D eigenvalue weighted by molar-refractivity contribution is 5.01. The fourth-order valence-corrected chi connectivity index (χ4v) is 1.25. The van der Waals surface area contributed by atoms with Gasteiger partial charge in [-0.1, -0.05) is 12.1 Å². The average molecular weight is 257 g/mol. The van der Waals surface area contributed by atoms with E-state index in [1.54, 1.807) is 0 Å². The second-order valence-electron chi connectivity index (χ2n) is 4.84. The Morgan fingerprint density at radius 2 is 2.17 bits per heavy atom. The maximum absolute atomic E-state index is 6.10. The Balaban J connectivity index is 2.54. The largest absolute Gasteiger partial charge is 0.376 e. The Kier molecular flexibility index (Phi) is 5.71. The van der Waals surface area contributed by atoms with Crippen molar-refractivity contribution < 1.29 is 14.0 Å². The highest BCUT2D eigenvalue weighted by atomic mass is 16.5. The minimum Gasteiger partial charge on any atom is -0.376 e. The van der Waals surface area contributed by atoms with E-state index in [1.807, 2.05) is 27.7 Å². The summed E-state index contributed by atoms with van der Waals surface area (Å²) in [6, 6.07) is 0. The number of aromatic nitrogens is 2. The molecule has 0 radical (unpaired) electrons. The smallest absolute Gasteiger partial charge is 0.252 e. The molecule has 1 heterocycles. The van der Waals surface area contributed by atoms with Crippen molar-refractivity contribution in [3.05, 3.63) is 11.7 Å². The number of hydrogen-bond acceptors (Lipinski definition) is 6. The Bertz CT molecular complexity index is 350. The van der Waals surface area contributed by atoms with Gasteiger partial charge in [0.1, 0.15) is 12.1 Å². The molecular weight excluding hydrogens is 234 g/mol. The first kappa shape index (κ1) is 15.1. The van der Waals surface area contributed by atoms with Crippen LogP contribution >= 0.6 is 0 Å². The molecule has 2 N–H and O–H groups in total. The average Bonchev–Trinajstić information content (AvgIpc) is 2.76. The van der Waals surface area contributed by atoms with Crippen LogP contribution in [-0.4, -0.2) is 29.5 Å². The number of hydrogen-bond donors (Lipinski definition) is 1. The molecule has 0 aromatic carbocycles. The van der Waals surface area contributed by atoms with Crippen molar-refractivity contribution >= 4 is 0 Å². The third-order valence-electron chi connectivity index (χ3n) is 2.27. The van der Waals surface area contributed by atoms with Gasteiger partial charge >= 0.3 is 0 Å². The molecule has 0 aliphatic carbocycles. The lowest BCUT2D eigenvalue weighted by molar-refractivity contribution is 0.0410. The summed E-state index contributed by atoms with van der Waals surface area (Å²) in [5, 5.41) is 3.87. The van der Waals surface area contributed by atoms with Crippen LogP contribution in [0.4, 0.5) is 0 Å². The van der Waals surface area contributed by atoms with Crippen molar-refractivity contribution in [2.45, 2.75) is 52.4 Å². The first-order chi connectivity index (χ1) is 8.45. The maximum atomic E-state index is 6.10. The van der Waals surface area contributed by atoms with Gasteiger partial charge in [-0.2, -0.15) is 4.98 Å². The van der Waals surface area contributed by atoms with E-state index in [-0.39, 0.29) is 6.10 Å². The van der Waals surface area contributed by atoms with Crippen molar-refractivity contribution in [2.75, 3.05) is 13.2 Å². The predicted octanol–water partition coefficient (Wildman–Crippen LogP) is 1.60. The summed E-state index contributed by atoms with van der Waals surface area (Å²) in [4.78, 5) is 4.22. The van der Waals surface area contributed by atoms with E-state index in [1.165, 1.54) is 0 Å². The van der Waals surface area contributed by atoms with E-state index in [9.17, 15) is 0 Å². The zero-order valence-corrected chi connectivity index (χ0v) is 11.6. The van der Waals surface area contributed by atoms with Gasteiger partial charge < -0.3 is 19.7 Å². The molecule has 104 valence electrons. The molecule has 0 saturated heterocycles. The highest BCUT2D eigenvalue weighted by Gasteiger charge is 2.28. The number of nitrogens with two attached hydrogens (primary N) is 1. The van der Waals surface area contributed by atoms with E-state index in [4.69, 9.17) is 19.7 Å². The van der Waals surface area contributed by atoms with Gasteiger partial charge in [0.05, 0.1) is 12.7 Å². The van der Waals surface area contributed by atoms with Gasteiger partial charge in [-0.05, 0) is 27.2 Å². The van der Waals surface area contributed by atoms with Crippen LogP contribution in [0.3, 0.4) is 0 Å². The normalized spacial score (nSPS) is 15.0. The van der Waals surface area contributed by atoms with Crippen LogP contribution in [-0.2, 0) is 21.6 Å². The summed E-state index contributed by atoms with van der Waals surface area (Å²) in [6.07, 6.45) is 1.07. The van der Waals surface area contributed by atoms with Crippen molar-refractivity contribution in [1.29, 1.82) is 0 Å². The Morgan fingerprint density at radius 3 is 2.78 bits per heavy atom. The van der Waals surface area contributed by atoms with Gasteiger partial charge in [0.2, 0.25) is 0 Å². The summed E-state index contributed by atoms with van der Waals surface area (Å²) in [5.74, 6) is 0.887. The zero-order valence-electron chi connectivity index (χ0n) is 11.6. The van der Waals surface area contributed by atoms with Crippen LogP contribution in [0.15, 0.2) is 4.52 Å². The summed E-state index contributed by atoms with van der Waals surface area (Å²) in [6.45, 7) is 9.11. The van der Waals surface area contributed by atoms with Crippen LogP contribution in [0.25, 0.3) is 0 Å². The van der Waals surface area contributed by atoms with Crippen molar-refractivity contribution in [1.82, 2.24) is 10.1 Å². The van der Waals surface area contributed by atoms with E-state index >= 15 is 0 Å². The SMILES string of the molecule is CCCOCc1nc(C(C)(N)COC(C)C)no1. The van der Waals surface area contributed by atoms with Crippen molar-refractivity contribution in [3.63, 3.8) is 0 Å². The van der Waals surface area contributed by atoms with E-state index in [2.05, 4.69) is 10.1 Å². The third-order valence-corrected chi connectivity index (χ3v) is 2.27. The van der Waals surface area contributed by atoms with Crippen LogP contribution in [0.5, 0.6) is 0 Å². The van der Waals surface area contributed by atoms with Crippen LogP contribution < -0.4 is 5.73 Å². The first-order valence-corrected chi connectivity index (χ1v) is 6.27. The molecule has 1 atom stereocenters. The second kappa shape index (κ2) is 6.82. The molecule has 0 aliphatic heterocycles. The predicted molar refractivity (Wildman–Crippen MR) is 66.9 cm³/mol. The topological polar surface area (TPSA) is 83.4 Å². The summed E-state index contributed by atoms with van der Waals surface area (Å²) < 4.78 is 15.9. The van der Waals surface area contributed by atoms with Crippen LogP contribution in [0.1, 0.15) is 45.8 Å². The van der Waals surface area contributed by atoms with Gasteiger partial charge in [-0.25, -0.2) is 0 Å². The molecule has 6 heteroatoms. The molecule has 0 fully saturated rings. The summed E-state index contributed by atoms with van der Waals surface area (Å²) in [7, 11) is 0. The Hall–Kier alpha value is -0.980. The molecule has 0 bridgehead atoms. The van der Waals surface area contributed by atoms with Crippen molar-refractivity contribution in [2.24, 2.45) is 5.73 Å². The van der Waals surface area contributed by atoms with Crippen LogP contribution in [0, 0.1) is 0 Å². The number of nitrogens with zero attached hydrogens (tertiary/aromatic N) is 2. The lowest BCUT2D eigenvalue weighted by atomic mass is 10.1. The number of rotatable bonds is 8. The molecule has 6 nitrogen and oxygen atoms in total. The summed E-state index contributed by atoms with van der Waals surface area (Å²) >= 11 is 0. The fourth-order valence-electron chi connectivity index (χ4n) is 1.25. The molecule has 1 aromatic rings. The third kappa shape index (κ3) is 4.72. The first-order valence-electron chi connectivity index (χ1n) is 6.27. The van der Waals surface area contributed by atoms with Gasteiger partial charge in [0.25, 0.3) is 5.89 Å². The molecule has 18 heavy (non-hydrogen) atoms. The maximum Gasteiger partial charge on any atom is 0.252 e. The standard InChI is InChI=1S/C12H23N3O3/c1-5-6-16-7-10-14-11(15-18-10)12(4,13)8-17-9(2)3/h9H,5-8,13H2,1-4H3. The molecule has 0 amide bonds. The molecule has 0 saturated carbocycles. The Morgan fingerprint density at radius 1 is 1.44 bits per heavy atom. The zero-order chi connectivity index (χ0) is 13.6. The Labute approximate surface area is 108 Å². The second-order valence-corrected chi connectivity index (χ2v) is 4.84. The van der Waals surface area contributed by atoms with Gasteiger partial charge in [0.15, 0.2) is 5.82 Å².